The van der Waals surface area contributed by atoms with Gasteiger partial charge in [-0.15, -0.1) is 10.2 Å². The molecular weight excluding hydrogens is 336 g/mol. The number of nitrogens with zero attached hydrogens (tertiary/aromatic N) is 3. The average Bonchev–Trinajstić information content (AvgIpc) is 2.43. The smallest absolute Gasteiger partial charge is 0.242 e. The molecule has 2 heterocycles. The lowest BCUT2D eigenvalue weighted by Crippen LogP contribution is -2.40. The van der Waals surface area contributed by atoms with E-state index in [9.17, 15) is 8.42 Å². The lowest BCUT2D eigenvalue weighted by Gasteiger charge is -2.20. The number of aromatic nitrogens is 3. The van der Waals surface area contributed by atoms with Crippen molar-refractivity contribution in [1.29, 1.82) is 0 Å². The second-order valence-corrected chi connectivity index (χ2v) is 8.10. The van der Waals surface area contributed by atoms with Gasteiger partial charge < -0.3 is 0 Å². The summed E-state index contributed by atoms with van der Waals surface area (Å²) in [7, 11) is -3.70. The summed E-state index contributed by atoms with van der Waals surface area (Å²) in [5, 5.41) is 8.83. The van der Waals surface area contributed by atoms with E-state index in [0.29, 0.717) is 21.7 Å². The summed E-state index contributed by atoms with van der Waals surface area (Å²) in [5.74, 6) is 0. The van der Waals surface area contributed by atoms with Crippen molar-refractivity contribution in [2.45, 2.75) is 31.2 Å². The third-order valence-electron chi connectivity index (χ3n) is 2.87. The molecular formula is C15H17ClN4O2S. The molecule has 6 nitrogen and oxygen atoms in total. The first-order chi connectivity index (χ1) is 10.5. The molecule has 0 amide bonds. The molecule has 0 aliphatic carbocycles. The molecule has 0 spiro atoms. The van der Waals surface area contributed by atoms with Gasteiger partial charge in [-0.25, -0.2) is 13.1 Å². The Morgan fingerprint density at radius 3 is 2.39 bits per heavy atom. The molecule has 0 saturated heterocycles. The van der Waals surface area contributed by atoms with Crippen LogP contribution in [-0.2, 0) is 10.0 Å². The molecule has 0 aliphatic heterocycles. The minimum atomic E-state index is -3.70. The summed E-state index contributed by atoms with van der Waals surface area (Å²) in [6.07, 6.45) is 2.76. The van der Waals surface area contributed by atoms with Crippen LogP contribution in [0.3, 0.4) is 0 Å². The molecule has 8 heteroatoms. The van der Waals surface area contributed by atoms with Crippen molar-refractivity contribution in [2.75, 3.05) is 0 Å². The molecule has 0 aliphatic rings. The first kappa shape index (κ1) is 17.5. The van der Waals surface area contributed by atoms with Crippen LogP contribution in [0.4, 0.5) is 0 Å². The molecule has 0 atom stereocenters. The number of hydrogen-bond acceptors (Lipinski definition) is 5. The van der Waals surface area contributed by atoms with Crippen LogP contribution >= 0.6 is 11.6 Å². The minimum Gasteiger partial charge on any atom is -0.263 e. The third kappa shape index (κ3) is 3.93. The van der Waals surface area contributed by atoms with Gasteiger partial charge in [0.05, 0.1) is 0 Å². The minimum absolute atomic E-state index is 0.0340. The summed E-state index contributed by atoms with van der Waals surface area (Å²) in [6.45, 7) is 12.9. The summed E-state index contributed by atoms with van der Waals surface area (Å²) < 4.78 is 27.4. The molecule has 23 heavy (non-hydrogen) atoms. The van der Waals surface area contributed by atoms with Crippen LogP contribution < -0.4 is 15.2 Å². The Morgan fingerprint density at radius 2 is 1.78 bits per heavy atom. The van der Waals surface area contributed by atoms with Gasteiger partial charge in [-0.3, -0.25) is 4.98 Å². The Morgan fingerprint density at radius 1 is 1.13 bits per heavy atom. The topological polar surface area (TPSA) is 84.8 Å². The van der Waals surface area contributed by atoms with Crippen molar-refractivity contribution in [1.82, 2.24) is 19.9 Å². The second kappa shape index (κ2) is 5.99. The maximum absolute atomic E-state index is 12.4. The highest BCUT2D eigenvalue weighted by atomic mass is 35.5. The molecule has 0 bridgehead atoms. The average molecular weight is 353 g/mol. The SMILES string of the molecule is C=c1c(Cl)nnc(-c2cncc(S(=O)(=O)NC(C)(C)C)c2)c1=C. The Kier molecular flexibility index (Phi) is 4.57. The van der Waals surface area contributed by atoms with E-state index in [2.05, 4.69) is 33.1 Å². The fourth-order valence-corrected chi connectivity index (χ4v) is 3.43. The molecule has 1 N–H and O–H groups in total. The van der Waals surface area contributed by atoms with E-state index in [1.165, 1.54) is 18.5 Å². The third-order valence-corrected chi connectivity index (χ3v) is 4.90. The zero-order valence-electron chi connectivity index (χ0n) is 13.1. The highest BCUT2D eigenvalue weighted by Gasteiger charge is 2.23. The predicted octanol–water partition coefficient (Wildman–Crippen LogP) is 1.09. The van der Waals surface area contributed by atoms with E-state index in [4.69, 9.17) is 11.6 Å². The van der Waals surface area contributed by atoms with E-state index in [-0.39, 0.29) is 10.0 Å². The monoisotopic (exact) mass is 352 g/mol. The number of sulfonamides is 1. The maximum Gasteiger partial charge on any atom is 0.242 e. The van der Waals surface area contributed by atoms with Gasteiger partial charge in [0.15, 0.2) is 5.15 Å². The van der Waals surface area contributed by atoms with Crippen molar-refractivity contribution < 1.29 is 8.42 Å². The van der Waals surface area contributed by atoms with E-state index < -0.39 is 15.6 Å². The van der Waals surface area contributed by atoms with E-state index in [1.54, 1.807) is 20.8 Å². The fraction of sp³-hybridized carbons (Fsp3) is 0.267. The Bertz CT molecular complexity index is 952. The van der Waals surface area contributed by atoms with Gasteiger partial charge in [0.2, 0.25) is 10.0 Å². The Labute approximate surface area is 140 Å². The fourth-order valence-electron chi connectivity index (χ4n) is 1.87. The second-order valence-electron chi connectivity index (χ2n) is 6.06. The summed E-state index contributed by atoms with van der Waals surface area (Å²) >= 11 is 5.85. The van der Waals surface area contributed by atoms with Crippen LogP contribution in [0, 0.1) is 0 Å². The van der Waals surface area contributed by atoms with E-state index in [0.717, 1.165) is 0 Å². The van der Waals surface area contributed by atoms with Crippen molar-refractivity contribution >= 4 is 34.8 Å². The Hall–Kier alpha value is -1.83. The first-order valence-electron chi connectivity index (χ1n) is 6.71. The molecule has 2 rings (SSSR count). The van der Waals surface area contributed by atoms with Crippen molar-refractivity contribution in [3.05, 3.63) is 34.1 Å². The molecule has 2 aromatic heterocycles. The van der Waals surface area contributed by atoms with Gasteiger partial charge in [0, 0.05) is 33.9 Å². The molecule has 0 unspecified atom stereocenters. The first-order valence-corrected chi connectivity index (χ1v) is 8.57. The summed E-state index contributed by atoms with van der Waals surface area (Å²) in [6, 6.07) is 1.47. The highest BCUT2D eigenvalue weighted by Crippen LogP contribution is 2.18. The van der Waals surface area contributed by atoms with Crippen LogP contribution in [0.2, 0.25) is 5.15 Å². The quantitative estimate of drug-likeness (QED) is 0.893. The molecule has 0 fully saturated rings. The van der Waals surface area contributed by atoms with Gasteiger partial charge in [0.25, 0.3) is 0 Å². The van der Waals surface area contributed by atoms with Crippen LogP contribution in [-0.4, -0.2) is 29.1 Å². The van der Waals surface area contributed by atoms with Gasteiger partial charge in [-0.1, -0.05) is 24.8 Å². The van der Waals surface area contributed by atoms with Gasteiger partial charge in [-0.2, -0.15) is 0 Å². The number of hydrogen-bond donors (Lipinski definition) is 1. The standard InChI is InChI=1S/C15H17ClN4O2S/c1-9-10(2)14(16)19-18-13(9)11-6-12(8-17-7-11)23(21,22)20-15(3,4)5/h6-8,20H,1-2H2,3-5H3. The van der Waals surface area contributed by atoms with Crippen LogP contribution in [0.5, 0.6) is 0 Å². The molecule has 0 radical (unpaired) electrons. The number of pyridine rings is 1. The van der Waals surface area contributed by atoms with Crippen LogP contribution in [0.15, 0.2) is 23.4 Å². The number of halogens is 1. The lowest BCUT2D eigenvalue weighted by molar-refractivity contribution is 0.491. The van der Waals surface area contributed by atoms with Crippen LogP contribution in [0.25, 0.3) is 24.4 Å². The molecule has 122 valence electrons. The van der Waals surface area contributed by atoms with Gasteiger partial charge >= 0.3 is 0 Å². The van der Waals surface area contributed by atoms with Gasteiger partial charge in [0.1, 0.15) is 10.6 Å². The zero-order chi connectivity index (χ0) is 17.4. The zero-order valence-corrected chi connectivity index (χ0v) is 14.7. The summed E-state index contributed by atoms with van der Waals surface area (Å²) in [5.41, 5.74) is 0.257. The summed E-state index contributed by atoms with van der Waals surface area (Å²) in [4.78, 5) is 4.02. The highest BCUT2D eigenvalue weighted by molar-refractivity contribution is 7.89. The van der Waals surface area contributed by atoms with Crippen LogP contribution in [0.1, 0.15) is 20.8 Å². The van der Waals surface area contributed by atoms with Crippen molar-refractivity contribution in [3.63, 3.8) is 0 Å². The number of rotatable bonds is 3. The lowest BCUT2D eigenvalue weighted by atomic mass is 10.1. The number of nitrogens with one attached hydrogen (secondary N) is 1. The van der Waals surface area contributed by atoms with E-state index >= 15 is 0 Å². The largest absolute Gasteiger partial charge is 0.263 e. The van der Waals surface area contributed by atoms with E-state index in [1.807, 2.05) is 0 Å². The van der Waals surface area contributed by atoms with Crippen molar-refractivity contribution in [3.8, 4) is 11.3 Å². The molecule has 0 saturated carbocycles. The molecule has 2 aromatic rings. The Balaban J connectivity index is 2.56. The normalized spacial score (nSPS) is 12.3. The predicted molar refractivity (Wildman–Crippen MR) is 90.6 cm³/mol. The van der Waals surface area contributed by atoms with Gasteiger partial charge in [-0.05, 0) is 26.8 Å². The maximum atomic E-state index is 12.4. The van der Waals surface area contributed by atoms with Crippen molar-refractivity contribution in [2.24, 2.45) is 0 Å². The molecule has 0 aromatic carbocycles.